The highest BCUT2D eigenvalue weighted by molar-refractivity contribution is 5.78. The van der Waals surface area contributed by atoms with Crippen molar-refractivity contribution in [2.24, 2.45) is 0 Å². The van der Waals surface area contributed by atoms with Gasteiger partial charge in [0.05, 0.1) is 6.54 Å². The number of carbonyl (C=O) groups is 1. The Bertz CT molecular complexity index is 540. The molecular weight excluding hydrogens is 266 g/mol. The molecule has 21 heavy (non-hydrogen) atoms. The van der Waals surface area contributed by atoms with Crippen LogP contribution in [-0.2, 0) is 10.4 Å². The smallest absolute Gasteiger partial charge is 0.224 e. The van der Waals surface area contributed by atoms with Gasteiger partial charge in [-0.2, -0.15) is 0 Å². The fourth-order valence-electron chi connectivity index (χ4n) is 2.87. The molecule has 0 spiro atoms. The lowest BCUT2D eigenvalue weighted by atomic mass is 9.95. The van der Waals surface area contributed by atoms with Crippen molar-refractivity contribution in [1.82, 2.24) is 5.32 Å². The predicted molar refractivity (Wildman–Crippen MR) is 81.9 cm³/mol. The number of nitrogens with one attached hydrogen (secondary N) is 1. The number of aryl methyl sites for hydroxylation is 2. The number of rotatable bonds is 5. The Labute approximate surface area is 126 Å². The van der Waals surface area contributed by atoms with Gasteiger partial charge in [-0.15, -0.1) is 0 Å². The number of aliphatic hydroxyl groups is 1. The maximum atomic E-state index is 12.0. The first-order chi connectivity index (χ1) is 9.88. The van der Waals surface area contributed by atoms with Crippen molar-refractivity contribution in [3.05, 3.63) is 34.8 Å². The fourth-order valence-corrected chi connectivity index (χ4v) is 2.87. The average Bonchev–Trinajstić information content (AvgIpc) is 2.78. The lowest BCUT2D eigenvalue weighted by Crippen LogP contribution is -2.38. The molecule has 0 fully saturated rings. The van der Waals surface area contributed by atoms with Gasteiger partial charge in [-0.05, 0) is 52.5 Å². The van der Waals surface area contributed by atoms with Gasteiger partial charge in [0, 0.05) is 12.0 Å². The van der Waals surface area contributed by atoms with Gasteiger partial charge in [0.15, 0.2) is 0 Å². The van der Waals surface area contributed by atoms with Crippen LogP contribution in [0.15, 0.2) is 22.1 Å². The second kappa shape index (κ2) is 6.48. The first-order valence-corrected chi connectivity index (χ1v) is 7.63. The van der Waals surface area contributed by atoms with Crippen LogP contribution in [0.5, 0.6) is 0 Å². The maximum absolute atomic E-state index is 12.0. The van der Waals surface area contributed by atoms with Crippen LogP contribution in [0.4, 0.5) is 0 Å². The molecule has 1 aliphatic carbocycles. The molecule has 2 rings (SSSR count). The zero-order valence-electron chi connectivity index (χ0n) is 13.2. The summed E-state index contributed by atoms with van der Waals surface area (Å²) >= 11 is 0. The number of hydrogen-bond acceptors (Lipinski definition) is 3. The Morgan fingerprint density at radius 2 is 2.19 bits per heavy atom. The molecule has 1 aromatic heterocycles. The predicted octanol–water partition coefficient (Wildman–Crippen LogP) is 3.11. The molecule has 2 N–H and O–H groups in total. The van der Waals surface area contributed by atoms with Crippen LogP contribution in [0.1, 0.15) is 56.1 Å². The van der Waals surface area contributed by atoms with Gasteiger partial charge >= 0.3 is 0 Å². The van der Waals surface area contributed by atoms with Crippen molar-refractivity contribution < 1.29 is 14.3 Å². The Morgan fingerprint density at radius 3 is 2.76 bits per heavy atom. The Kier molecular flexibility index (Phi) is 4.88. The second-order valence-electron chi connectivity index (χ2n) is 6.16. The summed E-state index contributed by atoms with van der Waals surface area (Å²) in [6.45, 7) is 5.57. The van der Waals surface area contributed by atoms with E-state index in [2.05, 4.69) is 11.4 Å². The first kappa shape index (κ1) is 15.8. The molecule has 1 aliphatic rings. The monoisotopic (exact) mass is 291 g/mol. The van der Waals surface area contributed by atoms with Gasteiger partial charge < -0.3 is 14.8 Å². The lowest BCUT2D eigenvalue weighted by Gasteiger charge is -2.23. The third-order valence-corrected chi connectivity index (χ3v) is 4.02. The van der Waals surface area contributed by atoms with Gasteiger partial charge in [-0.3, -0.25) is 4.79 Å². The summed E-state index contributed by atoms with van der Waals surface area (Å²) in [6.07, 6.45) is 7.10. The van der Waals surface area contributed by atoms with Crippen LogP contribution in [0.3, 0.4) is 0 Å². The Hall–Kier alpha value is -1.55. The summed E-state index contributed by atoms with van der Waals surface area (Å²) in [4.78, 5) is 12.0. The van der Waals surface area contributed by atoms with Gasteiger partial charge in [-0.25, -0.2) is 0 Å². The zero-order valence-corrected chi connectivity index (χ0v) is 13.2. The van der Waals surface area contributed by atoms with Crippen LogP contribution in [0.2, 0.25) is 0 Å². The summed E-state index contributed by atoms with van der Waals surface area (Å²) in [5.41, 5.74) is 0.837. The summed E-state index contributed by atoms with van der Waals surface area (Å²) in [5.74, 6) is 1.43. The van der Waals surface area contributed by atoms with E-state index in [9.17, 15) is 9.90 Å². The van der Waals surface area contributed by atoms with Gasteiger partial charge in [-0.1, -0.05) is 11.6 Å². The van der Waals surface area contributed by atoms with Crippen LogP contribution in [0.25, 0.3) is 0 Å². The molecule has 116 valence electrons. The van der Waals surface area contributed by atoms with E-state index in [0.29, 0.717) is 12.2 Å². The number of furan rings is 1. The molecule has 0 aliphatic heterocycles. The van der Waals surface area contributed by atoms with E-state index in [1.807, 2.05) is 19.9 Å². The molecule has 4 nitrogen and oxygen atoms in total. The Morgan fingerprint density at radius 1 is 1.43 bits per heavy atom. The van der Waals surface area contributed by atoms with Crippen molar-refractivity contribution in [2.75, 3.05) is 6.54 Å². The minimum Gasteiger partial charge on any atom is -0.466 e. The molecule has 1 unspecified atom stereocenters. The van der Waals surface area contributed by atoms with E-state index < -0.39 is 5.60 Å². The Balaban J connectivity index is 1.90. The molecular formula is C17H25NO3. The SMILES string of the molecule is Cc1cc(C(C)(O)CNC(=O)CC2=CCCCC2)c(C)o1. The minimum absolute atomic E-state index is 0.0266. The van der Waals surface area contributed by atoms with Gasteiger partial charge in [0.25, 0.3) is 0 Å². The molecule has 1 amide bonds. The fraction of sp³-hybridized carbons (Fsp3) is 0.588. The van der Waals surface area contributed by atoms with Gasteiger partial charge in [0.1, 0.15) is 17.1 Å². The molecule has 0 saturated heterocycles. The topological polar surface area (TPSA) is 62.5 Å². The standard InChI is InChI=1S/C17H25NO3/c1-12-9-15(13(2)21-12)17(3,20)11-18-16(19)10-14-7-5-4-6-8-14/h7,9,20H,4-6,8,10-11H2,1-3H3,(H,18,19). The highest BCUT2D eigenvalue weighted by Crippen LogP contribution is 2.26. The third kappa shape index (κ3) is 4.21. The summed E-state index contributed by atoms with van der Waals surface area (Å²) in [5, 5.41) is 13.4. The molecule has 1 aromatic rings. The quantitative estimate of drug-likeness (QED) is 0.819. The lowest BCUT2D eigenvalue weighted by molar-refractivity contribution is -0.121. The highest BCUT2D eigenvalue weighted by Gasteiger charge is 2.28. The molecule has 0 saturated carbocycles. The second-order valence-corrected chi connectivity index (χ2v) is 6.16. The van der Waals surface area contributed by atoms with E-state index in [1.165, 1.54) is 18.4 Å². The van der Waals surface area contributed by atoms with Crippen molar-refractivity contribution in [3.63, 3.8) is 0 Å². The van der Waals surface area contributed by atoms with Crippen LogP contribution >= 0.6 is 0 Å². The highest BCUT2D eigenvalue weighted by atomic mass is 16.3. The van der Waals surface area contributed by atoms with Crippen molar-refractivity contribution >= 4 is 5.91 Å². The number of hydrogen-bond donors (Lipinski definition) is 2. The maximum Gasteiger partial charge on any atom is 0.224 e. The normalized spacial score (nSPS) is 18.0. The van der Waals surface area contributed by atoms with E-state index in [4.69, 9.17) is 4.42 Å². The average molecular weight is 291 g/mol. The molecule has 1 heterocycles. The summed E-state index contributed by atoms with van der Waals surface area (Å²) < 4.78 is 5.45. The number of amides is 1. The summed E-state index contributed by atoms with van der Waals surface area (Å²) in [6, 6.07) is 1.82. The summed E-state index contributed by atoms with van der Waals surface area (Å²) in [7, 11) is 0. The number of allylic oxidation sites excluding steroid dienone is 1. The number of carbonyl (C=O) groups excluding carboxylic acids is 1. The minimum atomic E-state index is -1.11. The van der Waals surface area contributed by atoms with Crippen molar-refractivity contribution in [3.8, 4) is 0 Å². The van der Waals surface area contributed by atoms with E-state index in [0.717, 1.165) is 24.2 Å². The van der Waals surface area contributed by atoms with Crippen molar-refractivity contribution in [1.29, 1.82) is 0 Å². The molecule has 0 radical (unpaired) electrons. The van der Waals surface area contributed by atoms with Crippen LogP contribution in [0, 0.1) is 13.8 Å². The molecule has 4 heteroatoms. The molecule has 1 atom stereocenters. The van der Waals surface area contributed by atoms with Crippen molar-refractivity contribution in [2.45, 2.75) is 58.5 Å². The zero-order chi connectivity index (χ0) is 15.5. The van der Waals surface area contributed by atoms with Crippen LogP contribution in [-0.4, -0.2) is 17.6 Å². The van der Waals surface area contributed by atoms with Crippen LogP contribution < -0.4 is 5.32 Å². The van der Waals surface area contributed by atoms with E-state index >= 15 is 0 Å². The van der Waals surface area contributed by atoms with E-state index in [1.54, 1.807) is 6.92 Å². The molecule has 0 bridgehead atoms. The van der Waals surface area contributed by atoms with E-state index in [-0.39, 0.29) is 12.5 Å². The third-order valence-electron chi connectivity index (χ3n) is 4.02. The molecule has 0 aromatic carbocycles. The first-order valence-electron chi connectivity index (χ1n) is 7.63. The van der Waals surface area contributed by atoms with Gasteiger partial charge in [0.2, 0.25) is 5.91 Å². The largest absolute Gasteiger partial charge is 0.466 e.